The Kier molecular flexibility index (Phi) is 5.35. The predicted molar refractivity (Wildman–Crippen MR) is 75.2 cm³/mol. The Morgan fingerprint density at radius 3 is 2.61 bits per heavy atom. The van der Waals surface area contributed by atoms with Gasteiger partial charge in [0.2, 0.25) is 0 Å². The summed E-state index contributed by atoms with van der Waals surface area (Å²) in [7, 11) is 1.43. The lowest BCUT2D eigenvalue weighted by Gasteiger charge is -2.18. The average Bonchev–Trinajstić information content (AvgIpc) is 2.28. The van der Waals surface area contributed by atoms with E-state index in [0.717, 1.165) is 12.0 Å². The van der Waals surface area contributed by atoms with Crippen molar-refractivity contribution in [3.05, 3.63) is 34.1 Å². The van der Waals surface area contributed by atoms with Crippen molar-refractivity contribution >= 4 is 22.0 Å². The summed E-state index contributed by atoms with van der Waals surface area (Å²) in [5.41, 5.74) is 0.604. The fourth-order valence-corrected chi connectivity index (χ4v) is 2.06. The molecular weight excluding hydrogens is 299 g/mol. The largest absolute Gasteiger partial charge is 0.492 e. The van der Waals surface area contributed by atoms with E-state index in [2.05, 4.69) is 15.9 Å². The quantitative estimate of drug-likeness (QED) is 0.889. The molecule has 4 heteroatoms. The zero-order valence-corrected chi connectivity index (χ0v) is 12.4. The van der Waals surface area contributed by atoms with Crippen LogP contribution in [-0.2, 0) is 0 Å². The highest BCUT2D eigenvalue weighted by atomic mass is 79.9. The molecule has 100 valence electrons. The highest BCUT2D eigenvalue weighted by Gasteiger charge is 2.14. The Hall–Kier alpha value is -0.870. The van der Waals surface area contributed by atoms with Crippen LogP contribution in [0.15, 0.2) is 22.7 Å². The molecule has 0 bridgehead atoms. The molecule has 0 aliphatic heterocycles. The second kappa shape index (κ2) is 6.34. The third-order valence-corrected chi connectivity index (χ3v) is 3.22. The van der Waals surface area contributed by atoms with Gasteiger partial charge in [0, 0.05) is 6.61 Å². The Labute approximate surface area is 116 Å². The molecule has 0 saturated heterocycles. The molecule has 0 spiro atoms. The fourth-order valence-electron chi connectivity index (χ4n) is 1.45. The van der Waals surface area contributed by atoms with Gasteiger partial charge in [0.25, 0.3) is 0 Å². The fraction of sp³-hybridized carbons (Fsp3) is 0.429. The van der Waals surface area contributed by atoms with Gasteiger partial charge in [-0.3, -0.25) is 0 Å². The molecule has 0 fully saturated rings. The number of benzene rings is 1. The first kappa shape index (κ1) is 15.2. The van der Waals surface area contributed by atoms with E-state index in [4.69, 9.17) is 9.84 Å². The average molecular weight is 317 g/mol. The molecule has 1 rings (SSSR count). The van der Waals surface area contributed by atoms with Crippen LogP contribution in [0.1, 0.15) is 25.8 Å². The van der Waals surface area contributed by atoms with Crippen molar-refractivity contribution in [1.82, 2.24) is 0 Å². The molecule has 0 aliphatic rings. The number of hydrogen-bond donors (Lipinski definition) is 1. The molecule has 0 radical (unpaired) electrons. The first-order chi connectivity index (χ1) is 8.39. The van der Waals surface area contributed by atoms with Crippen LogP contribution in [0.5, 0.6) is 5.75 Å². The summed E-state index contributed by atoms with van der Waals surface area (Å²) in [5, 5.41) is 9.13. The minimum atomic E-state index is -0.395. The van der Waals surface area contributed by atoms with E-state index in [1.54, 1.807) is 6.07 Å². The molecule has 0 unspecified atom stereocenters. The third-order valence-electron chi connectivity index (χ3n) is 2.63. The van der Waals surface area contributed by atoms with Crippen molar-refractivity contribution in [2.75, 3.05) is 13.7 Å². The maximum absolute atomic E-state index is 13.6. The maximum Gasteiger partial charge on any atom is 0.168 e. The number of allylic oxidation sites excluding steroid dienone is 1. The van der Waals surface area contributed by atoms with Crippen molar-refractivity contribution in [2.45, 2.75) is 20.3 Å². The van der Waals surface area contributed by atoms with Gasteiger partial charge in [0.1, 0.15) is 0 Å². The minimum absolute atomic E-state index is 0.123. The summed E-state index contributed by atoms with van der Waals surface area (Å²) < 4.78 is 19.1. The van der Waals surface area contributed by atoms with Crippen LogP contribution in [0.2, 0.25) is 0 Å². The number of rotatable bonds is 5. The van der Waals surface area contributed by atoms with E-state index in [9.17, 15) is 4.39 Å². The SMILES string of the molecule is COc1c(F)cc(C=CCC(C)(C)CO)cc1Br. The summed E-state index contributed by atoms with van der Waals surface area (Å²) in [6.45, 7) is 4.07. The molecule has 0 amide bonds. The molecule has 2 nitrogen and oxygen atoms in total. The first-order valence-corrected chi connectivity index (χ1v) is 6.49. The summed E-state index contributed by atoms with van der Waals surface area (Å²) >= 11 is 3.26. The normalized spacial score (nSPS) is 12.1. The molecule has 1 N–H and O–H groups in total. The topological polar surface area (TPSA) is 29.5 Å². The van der Waals surface area contributed by atoms with Crippen LogP contribution in [0.4, 0.5) is 4.39 Å². The van der Waals surface area contributed by atoms with Gasteiger partial charge in [-0.05, 0) is 45.5 Å². The number of ether oxygens (including phenoxy) is 1. The van der Waals surface area contributed by atoms with Crippen LogP contribution in [0.25, 0.3) is 6.08 Å². The Morgan fingerprint density at radius 2 is 2.11 bits per heavy atom. The lowest BCUT2D eigenvalue weighted by Crippen LogP contribution is -2.14. The van der Waals surface area contributed by atoms with E-state index in [1.165, 1.54) is 13.2 Å². The Morgan fingerprint density at radius 1 is 1.44 bits per heavy atom. The van der Waals surface area contributed by atoms with Crippen molar-refractivity contribution in [1.29, 1.82) is 0 Å². The van der Waals surface area contributed by atoms with Crippen LogP contribution in [0.3, 0.4) is 0 Å². The van der Waals surface area contributed by atoms with Gasteiger partial charge in [-0.2, -0.15) is 0 Å². The number of aliphatic hydroxyl groups excluding tert-OH is 1. The lowest BCUT2D eigenvalue weighted by molar-refractivity contribution is 0.162. The summed E-state index contributed by atoms with van der Waals surface area (Å²) in [4.78, 5) is 0. The molecule has 1 aromatic rings. The van der Waals surface area contributed by atoms with Gasteiger partial charge in [-0.15, -0.1) is 0 Å². The third kappa shape index (κ3) is 4.10. The van der Waals surface area contributed by atoms with Crippen LogP contribution < -0.4 is 4.74 Å². The van der Waals surface area contributed by atoms with Crippen LogP contribution >= 0.6 is 15.9 Å². The second-order valence-corrected chi connectivity index (χ2v) is 5.80. The summed E-state index contributed by atoms with van der Waals surface area (Å²) in [6, 6.07) is 3.22. The second-order valence-electron chi connectivity index (χ2n) is 4.95. The Bertz CT molecular complexity index is 418. The lowest BCUT2D eigenvalue weighted by atomic mass is 9.90. The van der Waals surface area contributed by atoms with E-state index in [1.807, 2.05) is 26.0 Å². The van der Waals surface area contributed by atoms with E-state index >= 15 is 0 Å². The Balaban J connectivity index is 2.83. The molecule has 1 aromatic carbocycles. The van der Waals surface area contributed by atoms with E-state index in [-0.39, 0.29) is 17.8 Å². The molecule has 0 saturated carbocycles. The molecule has 0 heterocycles. The minimum Gasteiger partial charge on any atom is -0.492 e. The zero-order valence-electron chi connectivity index (χ0n) is 10.8. The van der Waals surface area contributed by atoms with Gasteiger partial charge in [-0.1, -0.05) is 26.0 Å². The van der Waals surface area contributed by atoms with E-state index in [0.29, 0.717) is 4.47 Å². The maximum atomic E-state index is 13.6. The molecule has 0 aromatic heterocycles. The number of methoxy groups -OCH3 is 1. The number of halogens is 2. The van der Waals surface area contributed by atoms with Gasteiger partial charge < -0.3 is 9.84 Å². The molecule has 0 atom stereocenters. The number of aliphatic hydroxyl groups is 1. The van der Waals surface area contributed by atoms with Crippen molar-refractivity contribution < 1.29 is 14.2 Å². The molecular formula is C14H18BrFO2. The molecule has 0 aliphatic carbocycles. The number of hydrogen-bond acceptors (Lipinski definition) is 2. The highest BCUT2D eigenvalue weighted by molar-refractivity contribution is 9.10. The van der Waals surface area contributed by atoms with Gasteiger partial charge in [0.05, 0.1) is 11.6 Å². The zero-order chi connectivity index (χ0) is 13.8. The predicted octanol–water partition coefficient (Wildman–Crippen LogP) is 4.02. The van der Waals surface area contributed by atoms with Crippen molar-refractivity contribution in [2.24, 2.45) is 5.41 Å². The van der Waals surface area contributed by atoms with Crippen LogP contribution in [-0.4, -0.2) is 18.8 Å². The first-order valence-electron chi connectivity index (χ1n) is 5.70. The van der Waals surface area contributed by atoms with Gasteiger partial charge in [-0.25, -0.2) is 4.39 Å². The standard InChI is InChI=1S/C14H18BrFO2/c1-14(2,9-17)6-4-5-10-7-11(15)13(18-3)12(16)8-10/h4-5,7-8,17H,6,9H2,1-3H3. The molecule has 18 heavy (non-hydrogen) atoms. The monoisotopic (exact) mass is 316 g/mol. The summed E-state index contributed by atoms with van der Waals surface area (Å²) in [6.07, 6.45) is 4.50. The summed E-state index contributed by atoms with van der Waals surface area (Å²) in [5.74, 6) is -0.184. The van der Waals surface area contributed by atoms with Crippen molar-refractivity contribution in [3.63, 3.8) is 0 Å². The van der Waals surface area contributed by atoms with Gasteiger partial charge >= 0.3 is 0 Å². The van der Waals surface area contributed by atoms with Crippen LogP contribution in [0, 0.1) is 11.2 Å². The smallest absolute Gasteiger partial charge is 0.168 e. The van der Waals surface area contributed by atoms with E-state index < -0.39 is 5.82 Å². The van der Waals surface area contributed by atoms with Gasteiger partial charge in [0.15, 0.2) is 11.6 Å². The van der Waals surface area contributed by atoms with Crippen molar-refractivity contribution in [3.8, 4) is 5.75 Å². The highest BCUT2D eigenvalue weighted by Crippen LogP contribution is 2.30.